The molecule has 0 aliphatic rings. The molecule has 2 aromatic heterocycles. The molecule has 2 rings (SSSR count). The summed E-state index contributed by atoms with van der Waals surface area (Å²) in [5.41, 5.74) is 1.87. The highest BCUT2D eigenvalue weighted by Gasteiger charge is 2.01. The fourth-order valence-electron chi connectivity index (χ4n) is 1.40. The van der Waals surface area contributed by atoms with E-state index >= 15 is 0 Å². The second kappa shape index (κ2) is 2.24. The fourth-order valence-corrected chi connectivity index (χ4v) is 1.40. The monoisotopic (exact) mass is 162 g/mol. The predicted octanol–water partition coefficient (Wildman–Crippen LogP) is 1.18. The minimum atomic E-state index is -0.00870. The van der Waals surface area contributed by atoms with E-state index in [0.717, 1.165) is 16.6 Å². The third-order valence-electron chi connectivity index (χ3n) is 2.03. The van der Waals surface area contributed by atoms with Crippen molar-refractivity contribution in [3.8, 4) is 0 Å². The third-order valence-corrected chi connectivity index (χ3v) is 2.03. The number of fused-ring (bicyclic) bond motifs is 1. The number of aryl methyl sites for hydroxylation is 2. The zero-order valence-corrected chi connectivity index (χ0v) is 7.09. The van der Waals surface area contributed by atoms with Crippen molar-refractivity contribution in [1.82, 2.24) is 9.55 Å². The molecule has 62 valence electrons. The zero-order valence-electron chi connectivity index (χ0n) is 7.09. The molecule has 0 aromatic carbocycles. The first kappa shape index (κ1) is 7.16. The van der Waals surface area contributed by atoms with Crippen LogP contribution in [0.5, 0.6) is 0 Å². The molecular weight excluding hydrogens is 152 g/mol. The second-order valence-corrected chi connectivity index (χ2v) is 3.01. The van der Waals surface area contributed by atoms with Crippen molar-refractivity contribution in [3.63, 3.8) is 0 Å². The summed E-state index contributed by atoms with van der Waals surface area (Å²) < 4.78 is 1.94. The van der Waals surface area contributed by atoms with Gasteiger partial charge in [0.2, 0.25) is 0 Å². The van der Waals surface area contributed by atoms with E-state index < -0.39 is 0 Å². The zero-order chi connectivity index (χ0) is 8.72. The van der Waals surface area contributed by atoms with Crippen LogP contribution in [0, 0.1) is 6.92 Å². The Morgan fingerprint density at radius 3 is 3.00 bits per heavy atom. The van der Waals surface area contributed by atoms with Gasteiger partial charge >= 0.3 is 0 Å². The van der Waals surface area contributed by atoms with Crippen molar-refractivity contribution in [1.29, 1.82) is 0 Å². The van der Waals surface area contributed by atoms with E-state index in [9.17, 15) is 4.79 Å². The number of aromatic nitrogens is 2. The first-order valence-electron chi connectivity index (χ1n) is 3.83. The van der Waals surface area contributed by atoms with Gasteiger partial charge in [0.25, 0.3) is 5.56 Å². The smallest absolute Gasteiger partial charge is 0.257 e. The number of hydrogen-bond acceptors (Lipinski definition) is 1. The molecule has 0 bridgehead atoms. The predicted molar refractivity (Wildman–Crippen MR) is 48.3 cm³/mol. The topological polar surface area (TPSA) is 37.8 Å². The Morgan fingerprint density at radius 2 is 2.25 bits per heavy atom. The van der Waals surface area contributed by atoms with Gasteiger partial charge in [0, 0.05) is 18.9 Å². The Labute approximate surface area is 69.6 Å². The Kier molecular flexibility index (Phi) is 1.33. The summed E-state index contributed by atoms with van der Waals surface area (Å²) in [7, 11) is 1.93. The molecule has 2 heterocycles. The molecule has 0 atom stereocenters. The molecular formula is C9H10N2O. The van der Waals surface area contributed by atoms with Crippen LogP contribution in [0.3, 0.4) is 0 Å². The summed E-state index contributed by atoms with van der Waals surface area (Å²) in [5, 5.41) is 0.753. The maximum Gasteiger partial charge on any atom is 0.257 e. The number of pyridine rings is 1. The van der Waals surface area contributed by atoms with E-state index in [1.54, 1.807) is 0 Å². The van der Waals surface area contributed by atoms with Crippen LogP contribution in [0.15, 0.2) is 23.1 Å². The van der Waals surface area contributed by atoms with Crippen LogP contribution in [-0.2, 0) is 7.05 Å². The van der Waals surface area contributed by atoms with Gasteiger partial charge in [-0.15, -0.1) is 0 Å². The first-order chi connectivity index (χ1) is 5.68. The van der Waals surface area contributed by atoms with E-state index in [4.69, 9.17) is 0 Å². The van der Waals surface area contributed by atoms with Gasteiger partial charge in [0.15, 0.2) is 0 Å². The molecule has 0 saturated heterocycles. The lowest BCUT2D eigenvalue weighted by atomic mass is 10.3. The van der Waals surface area contributed by atoms with E-state index in [-0.39, 0.29) is 5.56 Å². The number of hydrogen-bond donors (Lipinski definition) is 1. The number of H-pyrrole nitrogens is 1. The summed E-state index contributed by atoms with van der Waals surface area (Å²) in [6, 6.07) is 3.80. The largest absolute Gasteiger partial charge is 0.350 e. The molecule has 1 N–H and O–H groups in total. The van der Waals surface area contributed by atoms with Crippen molar-refractivity contribution in [2.24, 2.45) is 7.05 Å². The Balaban J connectivity index is 3.03. The molecule has 2 aromatic rings. The van der Waals surface area contributed by atoms with Gasteiger partial charge in [-0.1, -0.05) is 0 Å². The number of nitrogens with one attached hydrogen (secondary N) is 1. The highest BCUT2D eigenvalue weighted by Crippen LogP contribution is 2.09. The van der Waals surface area contributed by atoms with Gasteiger partial charge in [0.1, 0.15) is 0 Å². The van der Waals surface area contributed by atoms with Gasteiger partial charge in [-0.05, 0) is 19.1 Å². The van der Waals surface area contributed by atoms with Crippen LogP contribution in [-0.4, -0.2) is 9.55 Å². The highest BCUT2D eigenvalue weighted by molar-refractivity contribution is 5.79. The van der Waals surface area contributed by atoms with Crippen molar-refractivity contribution in [2.75, 3.05) is 0 Å². The lowest BCUT2D eigenvalue weighted by Gasteiger charge is -1.96. The van der Waals surface area contributed by atoms with E-state index in [1.807, 2.05) is 36.9 Å². The summed E-state index contributed by atoms with van der Waals surface area (Å²) >= 11 is 0. The third kappa shape index (κ3) is 0.863. The summed E-state index contributed by atoms with van der Waals surface area (Å²) in [5.74, 6) is 0. The standard InChI is InChI=1S/C9H10N2O/c1-6-5-8-7(9(12)10-6)3-4-11(8)2/h3-5H,1-2H3,(H,10,12). The number of aromatic amines is 1. The van der Waals surface area contributed by atoms with E-state index in [1.165, 1.54) is 0 Å². The Bertz CT molecular complexity index is 479. The van der Waals surface area contributed by atoms with Gasteiger partial charge < -0.3 is 9.55 Å². The molecule has 0 aliphatic heterocycles. The van der Waals surface area contributed by atoms with Crippen LogP contribution < -0.4 is 5.56 Å². The van der Waals surface area contributed by atoms with E-state index in [0.29, 0.717) is 0 Å². The van der Waals surface area contributed by atoms with Crippen LogP contribution >= 0.6 is 0 Å². The van der Waals surface area contributed by atoms with Crippen LogP contribution in [0.2, 0.25) is 0 Å². The average molecular weight is 162 g/mol. The SMILES string of the molecule is Cc1cc2c(ccn2C)c(=O)[nH]1. The Hall–Kier alpha value is -1.51. The molecule has 12 heavy (non-hydrogen) atoms. The highest BCUT2D eigenvalue weighted by atomic mass is 16.1. The molecule has 0 unspecified atom stereocenters. The quantitative estimate of drug-likeness (QED) is 0.620. The normalized spacial score (nSPS) is 10.8. The molecule has 3 nitrogen and oxygen atoms in total. The summed E-state index contributed by atoms with van der Waals surface area (Å²) in [4.78, 5) is 14.1. The van der Waals surface area contributed by atoms with Gasteiger partial charge in [-0.25, -0.2) is 0 Å². The minimum absolute atomic E-state index is 0.00870. The van der Waals surface area contributed by atoms with E-state index in [2.05, 4.69) is 4.98 Å². The van der Waals surface area contributed by atoms with Gasteiger partial charge in [-0.3, -0.25) is 4.79 Å². The second-order valence-electron chi connectivity index (χ2n) is 3.01. The van der Waals surface area contributed by atoms with Crippen LogP contribution in [0.1, 0.15) is 5.69 Å². The van der Waals surface area contributed by atoms with Crippen molar-refractivity contribution < 1.29 is 0 Å². The maximum atomic E-state index is 11.3. The molecule has 0 fully saturated rings. The Morgan fingerprint density at radius 1 is 1.50 bits per heavy atom. The van der Waals surface area contributed by atoms with Crippen molar-refractivity contribution in [3.05, 3.63) is 34.4 Å². The molecule has 0 spiro atoms. The minimum Gasteiger partial charge on any atom is -0.350 e. The number of nitrogens with zero attached hydrogens (tertiary/aromatic N) is 1. The van der Waals surface area contributed by atoms with Crippen molar-refractivity contribution >= 4 is 10.9 Å². The average Bonchev–Trinajstić information content (AvgIpc) is 2.33. The van der Waals surface area contributed by atoms with Crippen LogP contribution in [0.25, 0.3) is 10.9 Å². The first-order valence-corrected chi connectivity index (χ1v) is 3.83. The molecule has 0 amide bonds. The number of rotatable bonds is 0. The fraction of sp³-hybridized carbons (Fsp3) is 0.222. The molecule has 3 heteroatoms. The van der Waals surface area contributed by atoms with Crippen molar-refractivity contribution in [2.45, 2.75) is 6.92 Å². The lowest BCUT2D eigenvalue weighted by Crippen LogP contribution is -2.06. The van der Waals surface area contributed by atoms with Gasteiger partial charge in [-0.2, -0.15) is 0 Å². The van der Waals surface area contributed by atoms with Gasteiger partial charge in [0.05, 0.1) is 10.9 Å². The summed E-state index contributed by atoms with van der Waals surface area (Å²) in [6.45, 7) is 1.88. The molecule has 0 saturated carbocycles. The molecule has 0 radical (unpaired) electrons. The van der Waals surface area contributed by atoms with Crippen LogP contribution in [0.4, 0.5) is 0 Å². The lowest BCUT2D eigenvalue weighted by molar-refractivity contribution is 0.965. The maximum absolute atomic E-state index is 11.3. The molecule has 0 aliphatic carbocycles. The summed E-state index contributed by atoms with van der Waals surface area (Å²) in [6.07, 6.45) is 1.89.